The van der Waals surface area contributed by atoms with Crippen molar-refractivity contribution in [1.82, 2.24) is 0 Å². The summed E-state index contributed by atoms with van der Waals surface area (Å²) in [6, 6.07) is 92.9. The number of esters is 3. The largest absolute Gasteiger partial charge is 0.452 e. The maximum absolute atomic E-state index is 15.1. The molecule has 0 spiro atoms. The third-order valence-corrected chi connectivity index (χ3v) is 18.7. The summed E-state index contributed by atoms with van der Waals surface area (Å²) in [5, 5.41) is 0. The van der Waals surface area contributed by atoms with E-state index in [1.165, 1.54) is 7.11 Å². The summed E-state index contributed by atoms with van der Waals surface area (Å²) < 4.78 is 110. The molecule has 3 saturated heterocycles. The molecule has 3 aliphatic rings. The second-order valence-corrected chi connectivity index (χ2v) is 26.3. The van der Waals surface area contributed by atoms with Crippen molar-refractivity contribution >= 4 is 17.9 Å². The molecule has 10 aromatic rings. The van der Waals surface area contributed by atoms with Gasteiger partial charge in [0.15, 0.2) is 37.2 Å². The Bertz CT molecular complexity index is 4260. The summed E-state index contributed by atoms with van der Waals surface area (Å²) in [4.78, 5) is 45.1. The van der Waals surface area contributed by atoms with Crippen LogP contribution in [-0.4, -0.2) is 137 Å². The fourth-order valence-electron chi connectivity index (χ4n) is 13.2. The van der Waals surface area contributed by atoms with Crippen molar-refractivity contribution in [3.05, 3.63) is 359 Å². The molecule has 0 saturated carbocycles. The summed E-state index contributed by atoms with van der Waals surface area (Å²) >= 11 is 0. The van der Waals surface area contributed by atoms with Gasteiger partial charge in [0.25, 0.3) is 0 Å². The van der Waals surface area contributed by atoms with Crippen molar-refractivity contribution in [2.45, 2.75) is 138 Å². The van der Waals surface area contributed by atoms with Gasteiger partial charge in [-0.05, 0) is 75.3 Å². The van der Waals surface area contributed by atoms with Crippen LogP contribution in [0.15, 0.2) is 303 Å². The number of methoxy groups -OCH3 is 1. The van der Waals surface area contributed by atoms with E-state index in [1.54, 1.807) is 91.0 Å². The molecular weight excluding hydrogens is 1370 g/mol. The number of benzene rings is 10. The Balaban J connectivity index is 0.903. The lowest BCUT2D eigenvalue weighted by Crippen LogP contribution is -2.65. The van der Waals surface area contributed by atoms with E-state index >= 15 is 9.59 Å². The van der Waals surface area contributed by atoms with Crippen LogP contribution in [0.3, 0.4) is 0 Å². The highest BCUT2D eigenvalue weighted by molar-refractivity contribution is 5.91. The van der Waals surface area contributed by atoms with E-state index in [-0.39, 0.29) is 69.5 Å². The van der Waals surface area contributed by atoms with Gasteiger partial charge in [-0.25, -0.2) is 14.4 Å². The lowest BCUT2D eigenvalue weighted by atomic mass is 9.96. The minimum atomic E-state index is -1.73. The van der Waals surface area contributed by atoms with Crippen LogP contribution >= 0.6 is 0 Å². The SMILES string of the molecule is CO[C@H]1O[C@H](CO[C@@H]2O[C@H](COC3O[C@H](COCc4ccccc4)[C@@H](OCc4ccccc4)[C@H](OCc4ccccc4)[C@H]3OCc3ccccc3)[C@@H](OC(=O)c3ccccc3)[C@H](OC(=O)c3ccccc3)[C@H]2OC(=O)c2ccccc2)[C@@H](OCc2ccccc2)[C@H](OCc2ccccc2)[C@H]1OCc1ccccc1. The zero-order valence-corrected chi connectivity index (χ0v) is 59.9. The van der Waals surface area contributed by atoms with Crippen molar-refractivity contribution < 1.29 is 90.2 Å². The molecule has 0 amide bonds. The van der Waals surface area contributed by atoms with Gasteiger partial charge in [0.1, 0.15) is 54.9 Å². The fraction of sp³-hybridized carbons (Fsp3) is 0.292. The highest BCUT2D eigenvalue weighted by atomic mass is 16.8. The van der Waals surface area contributed by atoms with E-state index in [4.69, 9.17) is 75.8 Å². The van der Waals surface area contributed by atoms with Crippen molar-refractivity contribution in [3.8, 4) is 0 Å². The molecule has 558 valence electrons. The monoisotopic (exact) mass is 1460 g/mol. The van der Waals surface area contributed by atoms with Gasteiger partial charge in [0, 0.05) is 7.11 Å². The van der Waals surface area contributed by atoms with Crippen molar-refractivity contribution in [2.24, 2.45) is 0 Å². The highest BCUT2D eigenvalue weighted by Gasteiger charge is 2.57. The topological polar surface area (TPSA) is 199 Å². The number of hydrogen-bond acceptors (Lipinski definition) is 19. The highest BCUT2D eigenvalue weighted by Crippen LogP contribution is 2.38. The van der Waals surface area contributed by atoms with Gasteiger partial charge in [-0.2, -0.15) is 0 Å². The number of carbonyl (C=O) groups is 3. The first-order valence-electron chi connectivity index (χ1n) is 36.3. The quantitative estimate of drug-likeness (QED) is 0.0268. The number of hydrogen-bond donors (Lipinski definition) is 0. The van der Waals surface area contributed by atoms with Gasteiger partial charge in [-0.15, -0.1) is 0 Å². The Hall–Kier alpha value is -9.91. The smallest absolute Gasteiger partial charge is 0.338 e. The first kappa shape index (κ1) is 76.3. The number of carbonyl (C=O) groups excluding carboxylic acids is 3. The van der Waals surface area contributed by atoms with Crippen molar-refractivity contribution in [3.63, 3.8) is 0 Å². The summed E-state index contributed by atoms with van der Waals surface area (Å²) in [5.74, 6) is -2.56. The molecule has 19 heteroatoms. The second-order valence-electron chi connectivity index (χ2n) is 26.3. The molecular formula is C89H88O19. The van der Waals surface area contributed by atoms with E-state index in [9.17, 15) is 4.79 Å². The Labute approximate surface area is 629 Å². The second kappa shape index (κ2) is 39.8. The van der Waals surface area contributed by atoms with Gasteiger partial charge >= 0.3 is 17.9 Å². The average Bonchev–Trinajstić information content (AvgIpc) is 0.772. The zero-order valence-electron chi connectivity index (χ0n) is 59.9. The maximum atomic E-state index is 15.1. The summed E-state index contributed by atoms with van der Waals surface area (Å²) in [5.41, 5.74) is 6.58. The van der Waals surface area contributed by atoms with E-state index in [2.05, 4.69) is 0 Å². The minimum Gasteiger partial charge on any atom is -0.452 e. The van der Waals surface area contributed by atoms with E-state index in [0.717, 1.165) is 38.9 Å². The molecule has 10 aromatic carbocycles. The molecule has 1 unspecified atom stereocenters. The first-order valence-corrected chi connectivity index (χ1v) is 36.3. The Kier molecular flexibility index (Phi) is 28.1. The predicted octanol–water partition coefficient (Wildman–Crippen LogP) is 14.2. The van der Waals surface area contributed by atoms with Crippen LogP contribution in [0, 0.1) is 0 Å². The zero-order chi connectivity index (χ0) is 73.9. The Morgan fingerprint density at radius 3 is 0.815 bits per heavy atom. The van der Waals surface area contributed by atoms with Crippen LogP contribution in [0.5, 0.6) is 0 Å². The molecule has 13 rings (SSSR count). The molecule has 3 aliphatic heterocycles. The Morgan fingerprint density at radius 1 is 0.241 bits per heavy atom. The van der Waals surface area contributed by atoms with Crippen molar-refractivity contribution in [1.29, 1.82) is 0 Å². The molecule has 0 bridgehead atoms. The lowest BCUT2D eigenvalue weighted by molar-refractivity contribution is -0.352. The number of rotatable bonds is 35. The normalized spacial score (nSPS) is 24.1. The molecule has 3 heterocycles. The van der Waals surface area contributed by atoms with E-state index in [1.807, 2.05) is 212 Å². The van der Waals surface area contributed by atoms with Crippen LogP contribution in [0.4, 0.5) is 0 Å². The third kappa shape index (κ3) is 21.3. The van der Waals surface area contributed by atoms with Crippen LogP contribution in [-0.2, 0) is 122 Å². The standard InChI is InChI=1S/C89H88O19/c1-93-87-81(99-57-67-42-22-7-23-43-67)78(97-55-65-38-18-5-19-39-65)76(96-54-64-36-16-4-17-37-64)73(103-87)60-102-89-83(108-86(92)71-50-30-11-31-51-71)80(107-85(91)70-48-28-10-29-49-70)77(106-84(90)69-46-26-9-27-47-69)74(105-89)61-101-88-82(100-58-68-44-24-8-25-45-68)79(98-56-66-40-20-6-21-41-66)75(95-53-63-34-14-3-15-35-63)72(104-88)59-94-52-62-32-12-2-13-33-62/h2-51,72-83,87-89H,52-61H2,1H3/t72-,73-,74-,75-,76-,77-,78+,79+,80+,81-,82-,83-,87+,88?,89-/m1/s1. The van der Waals surface area contributed by atoms with Gasteiger partial charge in [0.2, 0.25) is 0 Å². The summed E-state index contributed by atoms with van der Waals surface area (Å²) in [6.45, 7) is 0.0831. The molecule has 0 radical (unpaired) electrons. The summed E-state index contributed by atoms with van der Waals surface area (Å²) in [7, 11) is 1.51. The maximum Gasteiger partial charge on any atom is 0.338 e. The van der Waals surface area contributed by atoms with Crippen LogP contribution in [0.25, 0.3) is 0 Å². The van der Waals surface area contributed by atoms with E-state index < -0.39 is 123 Å². The molecule has 0 N–H and O–H groups in total. The molecule has 0 aromatic heterocycles. The van der Waals surface area contributed by atoms with Crippen molar-refractivity contribution in [2.75, 3.05) is 26.9 Å². The van der Waals surface area contributed by atoms with Crippen LogP contribution in [0.2, 0.25) is 0 Å². The van der Waals surface area contributed by atoms with Crippen LogP contribution in [0.1, 0.15) is 70.0 Å². The molecule has 108 heavy (non-hydrogen) atoms. The van der Waals surface area contributed by atoms with Gasteiger partial charge in [0.05, 0.1) is 82.8 Å². The van der Waals surface area contributed by atoms with Crippen LogP contribution < -0.4 is 0 Å². The van der Waals surface area contributed by atoms with Gasteiger partial charge in [-0.3, -0.25) is 0 Å². The first-order chi connectivity index (χ1) is 53.3. The number of ether oxygens (including phenoxy) is 16. The molecule has 19 nitrogen and oxygen atoms in total. The predicted molar refractivity (Wildman–Crippen MR) is 398 cm³/mol. The molecule has 15 atom stereocenters. The lowest BCUT2D eigenvalue weighted by Gasteiger charge is -2.48. The summed E-state index contributed by atoms with van der Waals surface area (Å²) in [6.07, 6.45) is -18.4. The third-order valence-electron chi connectivity index (χ3n) is 18.7. The van der Waals surface area contributed by atoms with Gasteiger partial charge < -0.3 is 75.8 Å². The average molecular weight is 1460 g/mol. The molecule has 3 fully saturated rings. The fourth-order valence-corrected chi connectivity index (χ4v) is 13.2. The minimum absolute atomic E-state index is 0.00871. The Morgan fingerprint density at radius 2 is 0.481 bits per heavy atom. The van der Waals surface area contributed by atoms with E-state index in [0.29, 0.717) is 0 Å². The molecule has 0 aliphatic carbocycles. The van der Waals surface area contributed by atoms with Gasteiger partial charge in [-0.1, -0.05) is 267 Å².